The number of hydrogen-bond donors (Lipinski definition) is 1. The first-order valence-corrected chi connectivity index (χ1v) is 10.8. The number of hydrogen-bond acceptors (Lipinski definition) is 3. The monoisotopic (exact) mass is 387 g/mol. The van der Waals surface area contributed by atoms with Gasteiger partial charge in [0.05, 0.1) is 5.69 Å². The summed E-state index contributed by atoms with van der Waals surface area (Å²) in [5.41, 5.74) is 2.25. The lowest BCUT2D eigenvalue weighted by atomic mass is 9.68. The molecule has 0 radical (unpaired) electrons. The normalized spacial score (nSPS) is 22.6. The molecule has 0 bridgehead atoms. The molecule has 0 amide bonds. The Morgan fingerprint density at radius 1 is 1.14 bits per heavy atom. The molecule has 154 valence electrons. The number of benzene rings is 1. The Labute approximate surface area is 168 Å². The maximum absolute atomic E-state index is 14.8. The molecule has 1 N–H and O–H groups in total. The van der Waals surface area contributed by atoms with E-state index in [1.807, 2.05) is 19.2 Å². The van der Waals surface area contributed by atoms with E-state index in [4.69, 9.17) is 0 Å². The molecular weight excluding hydrogens is 353 g/mol. The average Bonchev–Trinajstić information content (AvgIpc) is 3.15. The Kier molecular flexibility index (Phi) is 5.76. The van der Waals surface area contributed by atoms with E-state index in [1.54, 1.807) is 6.07 Å². The van der Waals surface area contributed by atoms with Gasteiger partial charge in [0, 0.05) is 52.9 Å². The number of nitrogens with zero attached hydrogens (tertiary/aromatic N) is 4. The molecule has 1 aromatic carbocycles. The van der Waals surface area contributed by atoms with E-state index in [2.05, 4.69) is 31.9 Å². The summed E-state index contributed by atoms with van der Waals surface area (Å²) < 4.78 is 14.8. The average molecular weight is 388 g/mol. The second kappa shape index (κ2) is 8.27. The third-order valence-electron chi connectivity index (χ3n) is 6.99. The highest BCUT2D eigenvalue weighted by molar-refractivity contribution is 5.80. The van der Waals surface area contributed by atoms with E-state index >= 15 is 0 Å². The molecule has 1 aromatic rings. The fourth-order valence-electron chi connectivity index (χ4n) is 4.94. The van der Waals surface area contributed by atoms with Gasteiger partial charge in [0.2, 0.25) is 0 Å². The first-order chi connectivity index (χ1) is 13.6. The van der Waals surface area contributed by atoms with Gasteiger partial charge in [0.1, 0.15) is 5.82 Å². The molecule has 1 aliphatic carbocycles. The van der Waals surface area contributed by atoms with Crippen molar-refractivity contribution in [2.75, 3.05) is 57.8 Å². The van der Waals surface area contributed by atoms with Crippen LogP contribution in [0.5, 0.6) is 0 Å². The van der Waals surface area contributed by atoms with Crippen LogP contribution < -0.4 is 10.2 Å². The summed E-state index contributed by atoms with van der Waals surface area (Å²) in [6, 6.07) is 5.66. The second-order valence-corrected chi connectivity index (χ2v) is 8.63. The minimum absolute atomic E-state index is 0.117. The van der Waals surface area contributed by atoms with Crippen molar-refractivity contribution in [2.24, 2.45) is 10.4 Å². The summed E-state index contributed by atoms with van der Waals surface area (Å²) in [6.07, 6.45) is 5.38. The first kappa shape index (κ1) is 19.5. The third kappa shape index (κ3) is 3.97. The molecule has 0 atom stereocenters. The smallest absolute Gasteiger partial charge is 0.193 e. The topological polar surface area (TPSA) is 34.1 Å². The highest BCUT2D eigenvalue weighted by Gasteiger charge is 2.43. The zero-order valence-corrected chi connectivity index (χ0v) is 17.4. The van der Waals surface area contributed by atoms with E-state index < -0.39 is 0 Å². The molecule has 5 nitrogen and oxygen atoms in total. The standard InChI is InChI=1S/C22H34FN5/c1-3-26-11-13-27(14-12-26)20-6-5-18(15-19(20)23)16-25-21(24-2)28-10-9-22(17-28)7-4-8-22/h5-6,15H,3-4,7-14,16-17H2,1-2H3,(H,24,25). The van der Waals surface area contributed by atoms with E-state index in [0.29, 0.717) is 12.0 Å². The second-order valence-electron chi connectivity index (χ2n) is 8.63. The summed E-state index contributed by atoms with van der Waals surface area (Å²) in [4.78, 5) is 11.4. The SMILES string of the molecule is CCN1CCN(c2ccc(CNC(=NC)N3CCC4(CCC4)C3)cc2F)CC1. The van der Waals surface area contributed by atoms with Crippen LogP contribution in [-0.4, -0.2) is 68.6 Å². The number of rotatable bonds is 4. The number of piperazine rings is 1. The quantitative estimate of drug-likeness (QED) is 0.636. The number of guanidine groups is 1. The fraction of sp³-hybridized carbons (Fsp3) is 0.682. The molecule has 4 rings (SSSR count). The van der Waals surface area contributed by atoms with Crippen molar-refractivity contribution in [3.8, 4) is 0 Å². The van der Waals surface area contributed by atoms with Crippen LogP contribution in [0.2, 0.25) is 0 Å². The van der Waals surface area contributed by atoms with Crippen LogP contribution in [0.4, 0.5) is 10.1 Å². The van der Waals surface area contributed by atoms with Gasteiger partial charge in [-0.1, -0.05) is 19.4 Å². The van der Waals surface area contributed by atoms with Crippen LogP contribution in [0.3, 0.4) is 0 Å². The molecule has 1 saturated carbocycles. The third-order valence-corrected chi connectivity index (χ3v) is 6.99. The van der Waals surface area contributed by atoms with Crippen LogP contribution in [-0.2, 0) is 6.54 Å². The van der Waals surface area contributed by atoms with E-state index in [9.17, 15) is 4.39 Å². The van der Waals surface area contributed by atoms with E-state index in [-0.39, 0.29) is 5.82 Å². The first-order valence-electron chi connectivity index (χ1n) is 10.8. The predicted octanol–water partition coefficient (Wildman–Crippen LogP) is 2.92. The van der Waals surface area contributed by atoms with Crippen LogP contribution in [0, 0.1) is 11.2 Å². The van der Waals surface area contributed by atoms with E-state index in [1.165, 1.54) is 25.7 Å². The lowest BCUT2D eigenvalue weighted by Crippen LogP contribution is -2.46. The van der Waals surface area contributed by atoms with Gasteiger partial charge in [-0.15, -0.1) is 0 Å². The number of likely N-dealkylation sites (tertiary alicyclic amines) is 1. The van der Waals surface area contributed by atoms with Crippen LogP contribution >= 0.6 is 0 Å². The number of anilines is 1. The summed E-state index contributed by atoms with van der Waals surface area (Å²) >= 11 is 0. The summed E-state index contributed by atoms with van der Waals surface area (Å²) in [7, 11) is 1.84. The summed E-state index contributed by atoms with van der Waals surface area (Å²) in [5, 5.41) is 3.44. The minimum Gasteiger partial charge on any atom is -0.367 e. The summed E-state index contributed by atoms with van der Waals surface area (Å²) in [5.74, 6) is 0.831. The van der Waals surface area contributed by atoms with Gasteiger partial charge >= 0.3 is 0 Å². The molecule has 0 aromatic heterocycles. The largest absolute Gasteiger partial charge is 0.367 e. The van der Waals surface area contributed by atoms with Crippen molar-refractivity contribution in [3.63, 3.8) is 0 Å². The van der Waals surface area contributed by atoms with E-state index in [0.717, 1.165) is 63.0 Å². The molecule has 28 heavy (non-hydrogen) atoms. The predicted molar refractivity (Wildman–Crippen MR) is 113 cm³/mol. The highest BCUT2D eigenvalue weighted by atomic mass is 19.1. The lowest BCUT2D eigenvalue weighted by Gasteiger charge is -2.38. The maximum atomic E-state index is 14.8. The summed E-state index contributed by atoms with van der Waals surface area (Å²) in [6.45, 7) is 9.86. The van der Waals surface area contributed by atoms with Gasteiger partial charge < -0.3 is 20.0 Å². The van der Waals surface area contributed by atoms with Crippen molar-refractivity contribution >= 4 is 11.6 Å². The molecule has 2 heterocycles. The van der Waals surface area contributed by atoms with Crippen LogP contribution in [0.1, 0.15) is 38.2 Å². The Morgan fingerprint density at radius 3 is 2.50 bits per heavy atom. The van der Waals surface area contributed by atoms with Gasteiger partial charge in [-0.3, -0.25) is 4.99 Å². The van der Waals surface area contributed by atoms with Gasteiger partial charge in [-0.2, -0.15) is 0 Å². The number of halogens is 1. The highest BCUT2D eigenvalue weighted by Crippen LogP contribution is 2.47. The Bertz CT molecular complexity index is 707. The Morgan fingerprint density at radius 2 is 1.93 bits per heavy atom. The van der Waals surface area contributed by atoms with Gasteiger partial charge in [-0.05, 0) is 48.9 Å². The van der Waals surface area contributed by atoms with Crippen LogP contribution in [0.25, 0.3) is 0 Å². The van der Waals surface area contributed by atoms with Crippen molar-refractivity contribution < 1.29 is 4.39 Å². The van der Waals surface area contributed by atoms with Crippen molar-refractivity contribution in [2.45, 2.75) is 39.2 Å². The minimum atomic E-state index is -0.117. The Hall–Kier alpha value is -1.82. The molecule has 1 spiro atoms. The number of aliphatic imine (C=N–C) groups is 1. The molecule has 3 fully saturated rings. The van der Waals surface area contributed by atoms with Crippen molar-refractivity contribution in [1.82, 2.24) is 15.1 Å². The Balaban J connectivity index is 1.33. The molecular formula is C22H34FN5. The molecule has 3 aliphatic rings. The molecule has 6 heteroatoms. The maximum Gasteiger partial charge on any atom is 0.193 e. The van der Waals surface area contributed by atoms with Gasteiger partial charge in [-0.25, -0.2) is 4.39 Å². The molecule has 0 unspecified atom stereocenters. The van der Waals surface area contributed by atoms with Gasteiger partial charge in [0.15, 0.2) is 5.96 Å². The van der Waals surface area contributed by atoms with Crippen molar-refractivity contribution in [3.05, 3.63) is 29.6 Å². The molecule has 2 aliphatic heterocycles. The van der Waals surface area contributed by atoms with Gasteiger partial charge in [0.25, 0.3) is 0 Å². The number of likely N-dealkylation sites (N-methyl/N-ethyl adjacent to an activating group) is 1. The fourth-order valence-corrected chi connectivity index (χ4v) is 4.94. The lowest BCUT2D eigenvalue weighted by molar-refractivity contribution is 0.151. The number of nitrogens with one attached hydrogen (secondary N) is 1. The molecule has 2 saturated heterocycles. The zero-order valence-electron chi connectivity index (χ0n) is 17.4. The van der Waals surface area contributed by atoms with Crippen molar-refractivity contribution in [1.29, 1.82) is 0 Å². The van der Waals surface area contributed by atoms with Crippen LogP contribution in [0.15, 0.2) is 23.2 Å². The zero-order chi connectivity index (χ0) is 19.6.